The number of rotatable bonds is 6. The lowest BCUT2D eigenvalue weighted by atomic mass is 9.89. The molecule has 4 nitrogen and oxygen atoms in total. The molecule has 3 N–H and O–H groups in total. The first-order valence-corrected chi connectivity index (χ1v) is 6.70. The van der Waals surface area contributed by atoms with Gasteiger partial charge >= 0.3 is 0 Å². The Morgan fingerprint density at radius 1 is 1.29 bits per heavy atom. The Hall–Kier alpha value is -0.610. The van der Waals surface area contributed by atoms with E-state index in [-0.39, 0.29) is 12.5 Å². The summed E-state index contributed by atoms with van der Waals surface area (Å²) in [5, 5.41) is 14.8. The van der Waals surface area contributed by atoms with Gasteiger partial charge in [-0.25, -0.2) is 0 Å². The molecule has 1 fully saturated rings. The van der Waals surface area contributed by atoms with E-state index < -0.39 is 5.54 Å². The maximum Gasteiger partial charge on any atom is 0.239 e. The lowest BCUT2D eigenvalue weighted by Gasteiger charge is -2.27. The smallest absolute Gasteiger partial charge is 0.239 e. The Kier molecular flexibility index (Phi) is 5.92. The zero-order valence-corrected chi connectivity index (χ0v) is 11.1. The molecule has 1 rings (SSSR count). The fourth-order valence-electron chi connectivity index (χ4n) is 2.30. The van der Waals surface area contributed by atoms with Gasteiger partial charge in [-0.1, -0.05) is 19.3 Å². The summed E-state index contributed by atoms with van der Waals surface area (Å²) in [5.41, 5.74) is -0.600. The molecule has 0 unspecified atom stereocenters. The van der Waals surface area contributed by atoms with Gasteiger partial charge in [0.1, 0.15) is 0 Å². The third kappa shape index (κ3) is 5.04. The second kappa shape index (κ2) is 6.97. The normalized spacial score (nSPS) is 18.1. The summed E-state index contributed by atoms with van der Waals surface area (Å²) in [5.74, 6) is 0.679. The van der Waals surface area contributed by atoms with Gasteiger partial charge in [0.25, 0.3) is 0 Å². The minimum atomic E-state index is -0.600. The fourth-order valence-corrected chi connectivity index (χ4v) is 2.30. The highest BCUT2D eigenvalue weighted by atomic mass is 16.3. The van der Waals surface area contributed by atoms with Gasteiger partial charge in [0.2, 0.25) is 5.91 Å². The number of amides is 1. The van der Waals surface area contributed by atoms with E-state index in [2.05, 4.69) is 10.6 Å². The molecular weight excluding hydrogens is 216 g/mol. The van der Waals surface area contributed by atoms with E-state index in [1.165, 1.54) is 32.1 Å². The van der Waals surface area contributed by atoms with Crippen LogP contribution in [0.2, 0.25) is 0 Å². The van der Waals surface area contributed by atoms with E-state index in [1.807, 2.05) is 13.8 Å². The Labute approximate surface area is 104 Å². The molecule has 17 heavy (non-hydrogen) atoms. The summed E-state index contributed by atoms with van der Waals surface area (Å²) in [7, 11) is 0. The topological polar surface area (TPSA) is 61.4 Å². The van der Waals surface area contributed by atoms with Crippen molar-refractivity contribution in [2.24, 2.45) is 5.92 Å². The highest BCUT2D eigenvalue weighted by Gasteiger charge is 2.27. The molecule has 1 aliphatic rings. The van der Waals surface area contributed by atoms with Crippen LogP contribution in [0.3, 0.4) is 0 Å². The summed E-state index contributed by atoms with van der Waals surface area (Å²) >= 11 is 0. The number of aliphatic hydroxyl groups excluding tert-OH is 1. The van der Waals surface area contributed by atoms with Crippen LogP contribution in [-0.2, 0) is 4.79 Å². The molecule has 0 aromatic carbocycles. The van der Waals surface area contributed by atoms with Crippen molar-refractivity contribution in [2.45, 2.75) is 51.5 Å². The third-order valence-corrected chi connectivity index (χ3v) is 3.52. The molecule has 0 atom stereocenters. The zero-order chi connectivity index (χ0) is 12.7. The minimum Gasteiger partial charge on any atom is -0.395 e. The van der Waals surface area contributed by atoms with Gasteiger partial charge in [0.15, 0.2) is 0 Å². The van der Waals surface area contributed by atoms with Gasteiger partial charge in [-0.3, -0.25) is 4.79 Å². The average Bonchev–Trinajstić information content (AvgIpc) is 2.34. The first-order valence-electron chi connectivity index (χ1n) is 6.70. The number of hydrogen-bond acceptors (Lipinski definition) is 3. The van der Waals surface area contributed by atoms with Crippen LogP contribution in [-0.4, -0.2) is 36.2 Å². The Morgan fingerprint density at radius 2 is 1.94 bits per heavy atom. The molecule has 0 radical (unpaired) electrons. The number of carbonyl (C=O) groups excluding carboxylic acids is 1. The molecule has 0 aromatic rings. The molecule has 0 saturated heterocycles. The molecule has 1 aliphatic carbocycles. The Bertz CT molecular complexity index is 236. The van der Waals surface area contributed by atoms with E-state index in [9.17, 15) is 4.79 Å². The number of hydrogen-bond donors (Lipinski definition) is 3. The van der Waals surface area contributed by atoms with Crippen molar-refractivity contribution in [2.75, 3.05) is 19.7 Å². The first kappa shape index (κ1) is 14.5. The Balaban J connectivity index is 2.27. The number of nitrogens with one attached hydrogen (secondary N) is 2. The maximum absolute atomic E-state index is 12.0. The predicted molar refractivity (Wildman–Crippen MR) is 68.8 cm³/mol. The molecule has 0 aliphatic heterocycles. The monoisotopic (exact) mass is 242 g/mol. The van der Waals surface area contributed by atoms with Gasteiger partial charge < -0.3 is 15.7 Å². The van der Waals surface area contributed by atoms with Gasteiger partial charge in [-0.05, 0) is 32.6 Å². The maximum atomic E-state index is 12.0. The SMILES string of the molecule is CC(C)(NCCO)C(=O)NCC1CCCCC1. The molecular formula is C13H26N2O2. The van der Waals surface area contributed by atoms with Crippen LogP contribution in [0, 0.1) is 5.92 Å². The molecule has 4 heteroatoms. The van der Waals surface area contributed by atoms with Crippen molar-refractivity contribution >= 4 is 5.91 Å². The highest BCUT2D eigenvalue weighted by molar-refractivity contribution is 5.85. The van der Waals surface area contributed by atoms with Crippen LogP contribution in [0.25, 0.3) is 0 Å². The molecule has 0 bridgehead atoms. The van der Waals surface area contributed by atoms with Crippen LogP contribution in [0.5, 0.6) is 0 Å². The lowest BCUT2D eigenvalue weighted by Crippen LogP contribution is -2.54. The van der Waals surface area contributed by atoms with Crippen molar-refractivity contribution in [3.8, 4) is 0 Å². The van der Waals surface area contributed by atoms with Crippen LogP contribution >= 0.6 is 0 Å². The van der Waals surface area contributed by atoms with Gasteiger partial charge in [0.05, 0.1) is 12.1 Å². The highest BCUT2D eigenvalue weighted by Crippen LogP contribution is 2.22. The summed E-state index contributed by atoms with van der Waals surface area (Å²) < 4.78 is 0. The van der Waals surface area contributed by atoms with Crippen molar-refractivity contribution in [1.29, 1.82) is 0 Å². The number of β-amino-alcohol motifs (C(OH)–C–C–N with tert-alkyl or cyclic N) is 1. The van der Waals surface area contributed by atoms with Crippen molar-refractivity contribution in [3.63, 3.8) is 0 Å². The Morgan fingerprint density at radius 3 is 2.53 bits per heavy atom. The molecule has 0 aromatic heterocycles. The molecule has 100 valence electrons. The standard InChI is InChI=1S/C13H26N2O2/c1-13(2,15-8-9-16)12(17)14-10-11-6-4-3-5-7-11/h11,15-16H,3-10H2,1-2H3,(H,14,17). The first-order chi connectivity index (χ1) is 8.06. The van der Waals surface area contributed by atoms with Crippen molar-refractivity contribution < 1.29 is 9.90 Å². The van der Waals surface area contributed by atoms with Crippen LogP contribution < -0.4 is 10.6 Å². The van der Waals surface area contributed by atoms with Crippen LogP contribution in [0.4, 0.5) is 0 Å². The number of carbonyl (C=O) groups is 1. The molecule has 1 saturated carbocycles. The van der Waals surface area contributed by atoms with Gasteiger partial charge in [-0.15, -0.1) is 0 Å². The third-order valence-electron chi connectivity index (χ3n) is 3.52. The van der Waals surface area contributed by atoms with Crippen LogP contribution in [0.15, 0.2) is 0 Å². The fraction of sp³-hybridized carbons (Fsp3) is 0.923. The van der Waals surface area contributed by atoms with E-state index in [0.29, 0.717) is 12.5 Å². The summed E-state index contributed by atoms with van der Waals surface area (Å²) in [6, 6.07) is 0. The van der Waals surface area contributed by atoms with E-state index in [0.717, 1.165) is 6.54 Å². The lowest BCUT2D eigenvalue weighted by molar-refractivity contribution is -0.126. The predicted octanol–water partition coefficient (Wildman–Crippen LogP) is 1.04. The van der Waals surface area contributed by atoms with Crippen molar-refractivity contribution in [1.82, 2.24) is 10.6 Å². The zero-order valence-electron chi connectivity index (χ0n) is 11.1. The summed E-state index contributed by atoms with van der Waals surface area (Å²) in [6.45, 7) is 4.99. The summed E-state index contributed by atoms with van der Waals surface area (Å²) in [6.07, 6.45) is 6.42. The second-order valence-electron chi connectivity index (χ2n) is 5.49. The van der Waals surface area contributed by atoms with Gasteiger partial charge in [0, 0.05) is 13.1 Å². The van der Waals surface area contributed by atoms with Gasteiger partial charge in [-0.2, -0.15) is 0 Å². The molecule has 0 heterocycles. The van der Waals surface area contributed by atoms with Crippen LogP contribution in [0.1, 0.15) is 46.0 Å². The largest absolute Gasteiger partial charge is 0.395 e. The van der Waals surface area contributed by atoms with Crippen molar-refractivity contribution in [3.05, 3.63) is 0 Å². The van der Waals surface area contributed by atoms with E-state index in [1.54, 1.807) is 0 Å². The molecule has 0 spiro atoms. The molecule has 1 amide bonds. The van der Waals surface area contributed by atoms with E-state index >= 15 is 0 Å². The average molecular weight is 242 g/mol. The minimum absolute atomic E-state index is 0.0246. The number of aliphatic hydroxyl groups is 1. The quantitative estimate of drug-likeness (QED) is 0.652. The summed E-state index contributed by atoms with van der Waals surface area (Å²) in [4.78, 5) is 12.0. The second-order valence-corrected chi connectivity index (χ2v) is 5.49. The van der Waals surface area contributed by atoms with E-state index in [4.69, 9.17) is 5.11 Å².